The average Bonchev–Trinajstić information content (AvgIpc) is 3.19. The van der Waals surface area contributed by atoms with Crippen LogP contribution in [0.15, 0.2) is 24.3 Å². The second-order valence-corrected chi connectivity index (χ2v) is 6.56. The van der Waals surface area contributed by atoms with Gasteiger partial charge < -0.3 is 10.6 Å². The first-order valence-corrected chi connectivity index (χ1v) is 7.90. The van der Waals surface area contributed by atoms with E-state index in [1.807, 2.05) is 4.90 Å². The molecule has 0 saturated heterocycles. The number of benzene rings is 1. The van der Waals surface area contributed by atoms with Crippen molar-refractivity contribution in [1.29, 1.82) is 0 Å². The number of hydrogen-bond acceptors (Lipinski definition) is 2. The predicted molar refractivity (Wildman–Crippen MR) is 79.9 cm³/mol. The van der Waals surface area contributed by atoms with E-state index in [0.29, 0.717) is 12.5 Å². The summed E-state index contributed by atoms with van der Waals surface area (Å²) < 4.78 is 13.0. The summed E-state index contributed by atoms with van der Waals surface area (Å²) in [5.74, 6) is 0.739. The van der Waals surface area contributed by atoms with Crippen LogP contribution in [-0.4, -0.2) is 23.4 Å². The number of hydrogen-bond donors (Lipinski definition) is 1. The van der Waals surface area contributed by atoms with Gasteiger partial charge in [0.2, 0.25) is 5.91 Å². The van der Waals surface area contributed by atoms with Crippen LogP contribution in [0.25, 0.3) is 0 Å². The smallest absolute Gasteiger partial charge is 0.226 e. The lowest BCUT2D eigenvalue weighted by molar-refractivity contribution is -0.136. The van der Waals surface area contributed by atoms with Crippen molar-refractivity contribution in [2.24, 2.45) is 17.6 Å². The molecule has 114 valence electrons. The van der Waals surface area contributed by atoms with Gasteiger partial charge in [0, 0.05) is 25.0 Å². The van der Waals surface area contributed by atoms with Crippen LogP contribution >= 0.6 is 0 Å². The molecule has 3 rings (SSSR count). The van der Waals surface area contributed by atoms with Gasteiger partial charge in [-0.2, -0.15) is 0 Å². The molecule has 0 radical (unpaired) electrons. The second-order valence-electron chi connectivity index (χ2n) is 6.56. The average molecular weight is 290 g/mol. The summed E-state index contributed by atoms with van der Waals surface area (Å²) in [6.45, 7) is 1.42. The standard InChI is InChI=1S/C17H23FN2O/c18-15-6-3-13(4-7-15)11-20(10-12-1-2-12)17(21)14-5-8-16(19)9-14/h3-4,6-7,12,14,16H,1-2,5,8-11,19H2/t14-,16-/m1/s1. The van der Waals surface area contributed by atoms with Gasteiger partial charge in [-0.25, -0.2) is 4.39 Å². The Morgan fingerprint density at radius 3 is 2.48 bits per heavy atom. The highest BCUT2D eigenvalue weighted by atomic mass is 19.1. The molecule has 1 amide bonds. The van der Waals surface area contributed by atoms with Gasteiger partial charge >= 0.3 is 0 Å². The van der Waals surface area contributed by atoms with Crippen molar-refractivity contribution in [3.8, 4) is 0 Å². The van der Waals surface area contributed by atoms with E-state index < -0.39 is 0 Å². The lowest BCUT2D eigenvalue weighted by Crippen LogP contribution is -2.37. The van der Waals surface area contributed by atoms with Crippen LogP contribution in [0.2, 0.25) is 0 Å². The van der Waals surface area contributed by atoms with Crippen LogP contribution in [0.4, 0.5) is 4.39 Å². The van der Waals surface area contributed by atoms with Crippen molar-refractivity contribution in [1.82, 2.24) is 4.90 Å². The molecule has 4 heteroatoms. The molecule has 0 aliphatic heterocycles. The number of amides is 1. The van der Waals surface area contributed by atoms with Gasteiger partial charge in [-0.05, 0) is 55.7 Å². The monoisotopic (exact) mass is 290 g/mol. The number of nitrogens with two attached hydrogens (primary N) is 1. The Morgan fingerprint density at radius 2 is 1.90 bits per heavy atom. The third kappa shape index (κ3) is 3.82. The Labute approximate surface area is 125 Å². The van der Waals surface area contributed by atoms with Crippen LogP contribution in [-0.2, 0) is 11.3 Å². The maximum atomic E-state index is 13.0. The molecule has 21 heavy (non-hydrogen) atoms. The van der Waals surface area contributed by atoms with Crippen molar-refractivity contribution in [2.45, 2.75) is 44.7 Å². The van der Waals surface area contributed by atoms with E-state index in [0.717, 1.165) is 31.4 Å². The molecule has 0 heterocycles. The highest BCUT2D eigenvalue weighted by Gasteiger charge is 2.33. The Bertz CT molecular complexity index is 498. The molecule has 3 nitrogen and oxygen atoms in total. The molecule has 2 aliphatic carbocycles. The van der Waals surface area contributed by atoms with Gasteiger partial charge in [0.05, 0.1) is 0 Å². The summed E-state index contributed by atoms with van der Waals surface area (Å²) in [5, 5.41) is 0. The number of halogens is 1. The largest absolute Gasteiger partial charge is 0.338 e. The molecule has 2 saturated carbocycles. The molecule has 2 fully saturated rings. The third-order valence-corrected chi connectivity index (χ3v) is 4.60. The number of carbonyl (C=O) groups is 1. The lowest BCUT2D eigenvalue weighted by atomic mass is 10.1. The van der Waals surface area contributed by atoms with Gasteiger partial charge in [-0.1, -0.05) is 12.1 Å². The fourth-order valence-electron chi connectivity index (χ4n) is 3.15. The third-order valence-electron chi connectivity index (χ3n) is 4.60. The fourth-order valence-corrected chi connectivity index (χ4v) is 3.15. The Morgan fingerprint density at radius 1 is 1.19 bits per heavy atom. The quantitative estimate of drug-likeness (QED) is 0.906. The van der Waals surface area contributed by atoms with E-state index in [9.17, 15) is 9.18 Å². The van der Waals surface area contributed by atoms with E-state index >= 15 is 0 Å². The minimum atomic E-state index is -0.236. The molecule has 2 N–H and O–H groups in total. The SMILES string of the molecule is N[C@@H]1CC[C@@H](C(=O)N(Cc2ccc(F)cc2)CC2CC2)C1. The van der Waals surface area contributed by atoms with Gasteiger partial charge in [-0.3, -0.25) is 4.79 Å². The molecule has 0 aromatic heterocycles. The second kappa shape index (κ2) is 6.14. The zero-order valence-electron chi connectivity index (χ0n) is 12.3. The molecule has 2 atom stereocenters. The predicted octanol–water partition coefficient (Wildman–Crippen LogP) is 2.69. The highest BCUT2D eigenvalue weighted by molar-refractivity contribution is 5.79. The molecule has 0 spiro atoms. The summed E-state index contributed by atoms with van der Waals surface area (Å²) in [7, 11) is 0. The van der Waals surface area contributed by atoms with Gasteiger partial charge in [-0.15, -0.1) is 0 Å². The molecular formula is C17H23FN2O. The van der Waals surface area contributed by atoms with E-state index in [2.05, 4.69) is 0 Å². The number of carbonyl (C=O) groups excluding carboxylic acids is 1. The molecule has 1 aromatic rings. The van der Waals surface area contributed by atoms with E-state index in [-0.39, 0.29) is 23.7 Å². The molecule has 0 unspecified atom stereocenters. The van der Waals surface area contributed by atoms with Crippen LogP contribution < -0.4 is 5.73 Å². The summed E-state index contributed by atoms with van der Waals surface area (Å²) in [6.07, 6.45) is 5.10. The van der Waals surface area contributed by atoms with Crippen molar-refractivity contribution < 1.29 is 9.18 Å². The van der Waals surface area contributed by atoms with Crippen LogP contribution in [0.5, 0.6) is 0 Å². The summed E-state index contributed by atoms with van der Waals surface area (Å²) in [4.78, 5) is 14.7. The summed E-state index contributed by atoms with van der Waals surface area (Å²) >= 11 is 0. The summed E-state index contributed by atoms with van der Waals surface area (Å²) in [5.41, 5.74) is 6.93. The van der Waals surface area contributed by atoms with Crippen LogP contribution in [0, 0.1) is 17.7 Å². The number of nitrogens with zero attached hydrogens (tertiary/aromatic N) is 1. The topological polar surface area (TPSA) is 46.3 Å². The van der Waals surface area contributed by atoms with Gasteiger partial charge in [0.25, 0.3) is 0 Å². The van der Waals surface area contributed by atoms with Crippen molar-refractivity contribution in [2.75, 3.05) is 6.54 Å². The van der Waals surface area contributed by atoms with Crippen molar-refractivity contribution in [3.05, 3.63) is 35.6 Å². The Balaban J connectivity index is 1.67. The molecular weight excluding hydrogens is 267 g/mol. The first kappa shape index (κ1) is 14.5. The minimum absolute atomic E-state index is 0.0826. The van der Waals surface area contributed by atoms with Crippen LogP contribution in [0.1, 0.15) is 37.7 Å². The molecule has 2 aliphatic rings. The maximum absolute atomic E-state index is 13.0. The number of rotatable bonds is 5. The zero-order chi connectivity index (χ0) is 14.8. The Kier molecular flexibility index (Phi) is 4.24. The summed E-state index contributed by atoms with van der Waals surface area (Å²) in [6, 6.07) is 6.63. The van der Waals surface area contributed by atoms with Crippen LogP contribution in [0.3, 0.4) is 0 Å². The van der Waals surface area contributed by atoms with Gasteiger partial charge in [0.15, 0.2) is 0 Å². The van der Waals surface area contributed by atoms with E-state index in [4.69, 9.17) is 5.73 Å². The first-order chi connectivity index (χ1) is 10.1. The van der Waals surface area contributed by atoms with Crippen molar-refractivity contribution in [3.63, 3.8) is 0 Å². The van der Waals surface area contributed by atoms with E-state index in [1.54, 1.807) is 12.1 Å². The minimum Gasteiger partial charge on any atom is -0.338 e. The molecule has 0 bridgehead atoms. The molecule has 1 aromatic carbocycles. The Hall–Kier alpha value is -1.42. The van der Waals surface area contributed by atoms with Crippen molar-refractivity contribution >= 4 is 5.91 Å². The fraction of sp³-hybridized carbons (Fsp3) is 0.588. The first-order valence-electron chi connectivity index (χ1n) is 7.90. The van der Waals surface area contributed by atoms with E-state index in [1.165, 1.54) is 25.0 Å². The van der Waals surface area contributed by atoms with Gasteiger partial charge in [0.1, 0.15) is 5.82 Å². The lowest BCUT2D eigenvalue weighted by Gasteiger charge is -2.26. The normalized spacial score (nSPS) is 25.0. The highest BCUT2D eigenvalue weighted by Crippen LogP contribution is 2.32. The maximum Gasteiger partial charge on any atom is 0.226 e. The zero-order valence-corrected chi connectivity index (χ0v) is 12.3.